The summed E-state index contributed by atoms with van der Waals surface area (Å²) in [7, 11) is 0. The summed E-state index contributed by atoms with van der Waals surface area (Å²) in [6.07, 6.45) is 6.47. The number of nitrogens with zero attached hydrogens (tertiary/aromatic N) is 3. The van der Waals surface area contributed by atoms with E-state index in [1.54, 1.807) is 15.9 Å². The second-order valence-corrected chi connectivity index (χ2v) is 9.66. The predicted octanol–water partition coefficient (Wildman–Crippen LogP) is 4.04. The quantitative estimate of drug-likeness (QED) is 0.468. The molecule has 29 heavy (non-hydrogen) atoms. The fraction of sp³-hybridized carbons (Fsp3) is 0.409. The molecule has 0 N–H and O–H groups in total. The maximum absolute atomic E-state index is 13.6. The smallest absolute Gasteiger partial charge is 0.267 e. The number of amides is 1. The lowest BCUT2D eigenvalue weighted by molar-refractivity contribution is -0.127. The first-order valence-electron chi connectivity index (χ1n) is 10.3. The van der Waals surface area contributed by atoms with E-state index in [9.17, 15) is 9.59 Å². The molecule has 0 saturated carbocycles. The summed E-state index contributed by atoms with van der Waals surface area (Å²) in [6.45, 7) is 1.68. The van der Waals surface area contributed by atoms with Gasteiger partial charge in [-0.2, -0.15) is 0 Å². The first kappa shape index (κ1) is 18.9. The first-order valence-corrected chi connectivity index (χ1v) is 12.1. The molecular formula is C22H23N3O2S2. The standard InChI is InChI=1S/C22H23N3O2S2/c26-18(24-12-6-7-13-24)14-28-22-23-20-19(16-10-4-5-11-17(16)29-20)21(27)25(22)15-8-2-1-3-9-15/h1-3,8-9H,4-7,10-14H2. The number of hydrogen-bond donors (Lipinski definition) is 0. The predicted molar refractivity (Wildman–Crippen MR) is 118 cm³/mol. The highest BCUT2D eigenvalue weighted by atomic mass is 32.2. The van der Waals surface area contributed by atoms with E-state index in [1.807, 2.05) is 35.2 Å². The molecule has 3 heterocycles. The molecule has 2 aliphatic rings. The van der Waals surface area contributed by atoms with Crippen molar-refractivity contribution in [1.82, 2.24) is 14.5 Å². The third-order valence-electron chi connectivity index (χ3n) is 5.76. The van der Waals surface area contributed by atoms with Crippen LogP contribution in [0.5, 0.6) is 0 Å². The minimum Gasteiger partial charge on any atom is -0.342 e. The van der Waals surface area contributed by atoms with Crippen LogP contribution in [-0.4, -0.2) is 39.2 Å². The molecule has 0 radical (unpaired) electrons. The van der Waals surface area contributed by atoms with Gasteiger partial charge in [-0.05, 0) is 56.2 Å². The van der Waals surface area contributed by atoms with Crippen molar-refractivity contribution in [1.29, 1.82) is 0 Å². The van der Waals surface area contributed by atoms with Crippen LogP contribution in [0.3, 0.4) is 0 Å². The third-order valence-corrected chi connectivity index (χ3v) is 7.87. The lowest BCUT2D eigenvalue weighted by Gasteiger charge is -2.16. The summed E-state index contributed by atoms with van der Waals surface area (Å²) in [6, 6.07) is 9.66. The lowest BCUT2D eigenvalue weighted by atomic mass is 9.97. The van der Waals surface area contributed by atoms with E-state index in [2.05, 4.69) is 0 Å². The zero-order chi connectivity index (χ0) is 19.8. The second-order valence-electron chi connectivity index (χ2n) is 7.64. The van der Waals surface area contributed by atoms with Crippen LogP contribution in [0.1, 0.15) is 36.1 Å². The van der Waals surface area contributed by atoms with Gasteiger partial charge in [-0.25, -0.2) is 4.98 Å². The Hall–Kier alpha value is -2.12. The monoisotopic (exact) mass is 425 g/mol. The van der Waals surface area contributed by atoms with Crippen molar-refractivity contribution in [3.05, 3.63) is 51.1 Å². The summed E-state index contributed by atoms with van der Waals surface area (Å²) < 4.78 is 1.70. The molecule has 0 atom stereocenters. The third kappa shape index (κ3) is 3.51. The summed E-state index contributed by atoms with van der Waals surface area (Å²) in [5.74, 6) is 0.447. The molecule has 1 amide bonds. The van der Waals surface area contributed by atoms with Gasteiger partial charge < -0.3 is 4.90 Å². The van der Waals surface area contributed by atoms with E-state index >= 15 is 0 Å². The summed E-state index contributed by atoms with van der Waals surface area (Å²) in [5, 5.41) is 1.39. The number of thiophene rings is 1. The Labute approximate surface area is 177 Å². The number of carbonyl (C=O) groups excluding carboxylic acids is 1. The largest absolute Gasteiger partial charge is 0.342 e. The summed E-state index contributed by atoms with van der Waals surface area (Å²) in [4.78, 5) is 35.1. The molecule has 150 valence electrons. The van der Waals surface area contributed by atoms with E-state index < -0.39 is 0 Å². The SMILES string of the molecule is O=C(CSc1nc2sc3c(c2c(=O)n1-c1ccccc1)CCCC3)N1CCCC1. The van der Waals surface area contributed by atoms with Gasteiger partial charge in [0.2, 0.25) is 5.91 Å². The average molecular weight is 426 g/mol. The topological polar surface area (TPSA) is 55.2 Å². The van der Waals surface area contributed by atoms with E-state index in [-0.39, 0.29) is 11.5 Å². The van der Waals surface area contributed by atoms with Gasteiger partial charge in [-0.3, -0.25) is 14.2 Å². The average Bonchev–Trinajstić information content (AvgIpc) is 3.40. The Morgan fingerprint density at radius 3 is 2.62 bits per heavy atom. The number of hydrogen-bond acceptors (Lipinski definition) is 5. The number of aromatic nitrogens is 2. The van der Waals surface area contributed by atoms with Crippen molar-refractivity contribution < 1.29 is 4.79 Å². The van der Waals surface area contributed by atoms with Crippen molar-refractivity contribution in [2.24, 2.45) is 0 Å². The molecule has 2 aromatic heterocycles. The van der Waals surface area contributed by atoms with E-state index in [1.165, 1.54) is 28.6 Å². The van der Waals surface area contributed by atoms with Crippen LogP contribution in [0.25, 0.3) is 15.9 Å². The molecule has 3 aromatic rings. The van der Waals surface area contributed by atoms with Crippen LogP contribution < -0.4 is 5.56 Å². The van der Waals surface area contributed by atoms with Crippen LogP contribution in [-0.2, 0) is 17.6 Å². The molecule has 1 aliphatic heterocycles. The Morgan fingerprint density at radius 1 is 1.07 bits per heavy atom. The Kier molecular flexibility index (Phi) is 5.18. The van der Waals surface area contributed by atoms with E-state index in [4.69, 9.17) is 4.98 Å². The minimum atomic E-state index is -0.00304. The van der Waals surface area contributed by atoms with Gasteiger partial charge in [0.15, 0.2) is 5.16 Å². The number of likely N-dealkylation sites (tertiary alicyclic amines) is 1. The number of thioether (sulfide) groups is 1. The molecule has 0 bridgehead atoms. The number of benzene rings is 1. The molecule has 1 aromatic carbocycles. The number of fused-ring (bicyclic) bond motifs is 3. The van der Waals surface area contributed by atoms with Crippen LogP contribution in [0.2, 0.25) is 0 Å². The first-order chi connectivity index (χ1) is 14.2. The fourth-order valence-corrected chi connectivity index (χ4v) is 6.49. The van der Waals surface area contributed by atoms with Gasteiger partial charge in [0, 0.05) is 18.0 Å². The normalized spacial score (nSPS) is 16.3. The molecule has 1 fully saturated rings. The van der Waals surface area contributed by atoms with E-state index in [0.29, 0.717) is 10.9 Å². The minimum absolute atomic E-state index is 0.00304. The van der Waals surface area contributed by atoms with Gasteiger partial charge >= 0.3 is 0 Å². The highest BCUT2D eigenvalue weighted by molar-refractivity contribution is 7.99. The number of para-hydroxylation sites is 1. The maximum Gasteiger partial charge on any atom is 0.267 e. The number of rotatable bonds is 4. The molecule has 5 nitrogen and oxygen atoms in total. The number of carbonyl (C=O) groups is 1. The van der Waals surface area contributed by atoms with Crippen LogP contribution in [0.15, 0.2) is 40.3 Å². The van der Waals surface area contributed by atoms with Crippen molar-refractivity contribution in [2.75, 3.05) is 18.8 Å². The van der Waals surface area contributed by atoms with Crippen molar-refractivity contribution in [2.45, 2.75) is 43.7 Å². The van der Waals surface area contributed by atoms with Gasteiger partial charge in [-0.15, -0.1) is 11.3 Å². The molecule has 1 saturated heterocycles. The van der Waals surface area contributed by atoms with Crippen molar-refractivity contribution >= 4 is 39.2 Å². The van der Waals surface area contributed by atoms with Gasteiger partial charge in [-0.1, -0.05) is 30.0 Å². The molecule has 0 spiro atoms. The number of aryl methyl sites for hydroxylation is 2. The second kappa shape index (κ2) is 7.95. The fourth-order valence-electron chi connectivity index (χ4n) is 4.27. The maximum atomic E-state index is 13.6. The molecular weight excluding hydrogens is 402 g/mol. The zero-order valence-electron chi connectivity index (χ0n) is 16.2. The Balaban J connectivity index is 1.59. The van der Waals surface area contributed by atoms with Gasteiger partial charge in [0.1, 0.15) is 4.83 Å². The molecule has 1 aliphatic carbocycles. The van der Waals surface area contributed by atoms with Gasteiger partial charge in [0.25, 0.3) is 5.56 Å². The van der Waals surface area contributed by atoms with Gasteiger partial charge in [0.05, 0.1) is 16.8 Å². The van der Waals surface area contributed by atoms with Crippen molar-refractivity contribution in [3.8, 4) is 5.69 Å². The van der Waals surface area contributed by atoms with E-state index in [0.717, 1.165) is 61.1 Å². The highest BCUT2D eigenvalue weighted by Gasteiger charge is 2.24. The molecule has 7 heteroatoms. The van der Waals surface area contributed by atoms with Crippen LogP contribution in [0, 0.1) is 0 Å². The summed E-state index contributed by atoms with van der Waals surface area (Å²) >= 11 is 3.04. The Morgan fingerprint density at radius 2 is 1.83 bits per heavy atom. The molecule has 5 rings (SSSR count). The van der Waals surface area contributed by atoms with Crippen LogP contribution >= 0.6 is 23.1 Å². The summed E-state index contributed by atoms with van der Waals surface area (Å²) in [5.41, 5.74) is 2.00. The van der Waals surface area contributed by atoms with Crippen LogP contribution in [0.4, 0.5) is 0 Å². The Bertz CT molecular complexity index is 1110. The molecule has 0 unspecified atom stereocenters. The zero-order valence-corrected chi connectivity index (χ0v) is 17.9. The highest BCUT2D eigenvalue weighted by Crippen LogP contribution is 2.35. The lowest BCUT2D eigenvalue weighted by Crippen LogP contribution is -2.29. The van der Waals surface area contributed by atoms with Crippen molar-refractivity contribution in [3.63, 3.8) is 0 Å².